The molecule has 5 nitrogen and oxygen atoms in total. The Morgan fingerprint density at radius 1 is 1.48 bits per heavy atom. The molecule has 1 aromatic carbocycles. The summed E-state index contributed by atoms with van der Waals surface area (Å²) in [6.45, 7) is 5.04. The zero-order valence-corrected chi connectivity index (χ0v) is 13.1. The minimum Gasteiger partial charge on any atom is -0.463 e. The Hall–Kier alpha value is -2.81. The Labute approximate surface area is 133 Å². The van der Waals surface area contributed by atoms with Crippen molar-refractivity contribution in [1.29, 1.82) is 5.26 Å². The third kappa shape index (κ3) is 3.04. The summed E-state index contributed by atoms with van der Waals surface area (Å²) in [7, 11) is 0. The van der Waals surface area contributed by atoms with Crippen molar-refractivity contribution in [3.8, 4) is 6.07 Å². The number of halogens is 1. The maximum Gasteiger partial charge on any atom is 0.338 e. The molecule has 0 fully saturated rings. The summed E-state index contributed by atoms with van der Waals surface area (Å²) in [5.74, 6) is -1.71. The summed E-state index contributed by atoms with van der Waals surface area (Å²) in [5.41, 5.74) is 6.89. The molecule has 1 aliphatic rings. The highest BCUT2D eigenvalue weighted by Gasteiger charge is 2.36. The lowest BCUT2D eigenvalue weighted by Crippen LogP contribution is -2.25. The second-order valence-corrected chi connectivity index (χ2v) is 5.12. The van der Waals surface area contributed by atoms with Gasteiger partial charge in [-0.2, -0.15) is 5.26 Å². The van der Waals surface area contributed by atoms with Gasteiger partial charge >= 0.3 is 5.97 Å². The van der Waals surface area contributed by atoms with Crippen LogP contribution >= 0.6 is 0 Å². The van der Waals surface area contributed by atoms with Crippen LogP contribution in [-0.4, -0.2) is 12.6 Å². The van der Waals surface area contributed by atoms with Crippen LogP contribution in [0.15, 0.2) is 41.0 Å². The Bertz CT molecular complexity index is 760. The summed E-state index contributed by atoms with van der Waals surface area (Å²) in [6.07, 6.45) is 0. The molecule has 120 valence electrons. The van der Waals surface area contributed by atoms with Gasteiger partial charge in [0.1, 0.15) is 23.2 Å². The molecule has 1 aliphatic heterocycles. The monoisotopic (exact) mass is 316 g/mol. The van der Waals surface area contributed by atoms with Gasteiger partial charge in [0.25, 0.3) is 0 Å². The molecule has 23 heavy (non-hydrogen) atoms. The minimum atomic E-state index is -0.817. The largest absolute Gasteiger partial charge is 0.463 e. The number of aryl methyl sites for hydroxylation is 1. The van der Waals surface area contributed by atoms with E-state index in [4.69, 9.17) is 15.2 Å². The van der Waals surface area contributed by atoms with Gasteiger partial charge in [0.15, 0.2) is 0 Å². The molecule has 2 N–H and O–H groups in total. The molecule has 1 aromatic rings. The highest BCUT2D eigenvalue weighted by Crippen LogP contribution is 2.39. The number of hydrogen-bond donors (Lipinski definition) is 1. The highest BCUT2D eigenvalue weighted by atomic mass is 19.1. The van der Waals surface area contributed by atoms with Crippen LogP contribution in [0.3, 0.4) is 0 Å². The molecule has 0 aromatic heterocycles. The van der Waals surface area contributed by atoms with Crippen molar-refractivity contribution < 1.29 is 18.7 Å². The van der Waals surface area contributed by atoms with Crippen molar-refractivity contribution in [3.05, 3.63) is 57.9 Å². The fraction of sp³-hybridized carbons (Fsp3) is 0.294. The number of benzene rings is 1. The number of rotatable bonds is 3. The van der Waals surface area contributed by atoms with E-state index >= 15 is 0 Å². The number of nitriles is 1. The summed E-state index contributed by atoms with van der Waals surface area (Å²) in [5, 5.41) is 9.40. The Morgan fingerprint density at radius 3 is 2.74 bits per heavy atom. The lowest BCUT2D eigenvalue weighted by molar-refractivity contribution is -0.139. The fourth-order valence-electron chi connectivity index (χ4n) is 2.48. The van der Waals surface area contributed by atoms with Gasteiger partial charge in [-0.25, -0.2) is 9.18 Å². The quantitative estimate of drug-likeness (QED) is 0.867. The highest BCUT2D eigenvalue weighted by molar-refractivity contribution is 5.92. The van der Waals surface area contributed by atoms with E-state index in [-0.39, 0.29) is 29.4 Å². The Balaban J connectivity index is 2.64. The number of carbonyl (C=O) groups excluding carboxylic acids is 1. The van der Waals surface area contributed by atoms with Gasteiger partial charge in [-0.05, 0) is 38.0 Å². The topological polar surface area (TPSA) is 85.3 Å². The molecule has 0 aliphatic carbocycles. The Morgan fingerprint density at radius 2 is 2.17 bits per heavy atom. The van der Waals surface area contributed by atoms with Gasteiger partial charge in [0.05, 0.1) is 18.1 Å². The molecule has 1 unspecified atom stereocenters. The molecule has 0 saturated carbocycles. The number of hydrogen-bond acceptors (Lipinski definition) is 5. The molecule has 0 bridgehead atoms. The molecule has 0 radical (unpaired) electrons. The van der Waals surface area contributed by atoms with Gasteiger partial charge in [-0.1, -0.05) is 12.1 Å². The molecule has 2 rings (SSSR count). The van der Waals surface area contributed by atoms with E-state index < -0.39 is 17.7 Å². The summed E-state index contributed by atoms with van der Waals surface area (Å²) in [4.78, 5) is 12.3. The molecule has 0 saturated heterocycles. The lowest BCUT2D eigenvalue weighted by Gasteiger charge is -2.27. The van der Waals surface area contributed by atoms with Crippen molar-refractivity contribution in [3.63, 3.8) is 0 Å². The van der Waals surface area contributed by atoms with Crippen LogP contribution in [0.25, 0.3) is 0 Å². The standard InChI is InChI=1S/C17H17FN2O3/c1-4-22-17(21)14-10(3)23-16(20)12(8-19)15(14)11-6-5-9(2)13(18)7-11/h5-7,15H,4,20H2,1-3H3. The van der Waals surface area contributed by atoms with Crippen LogP contribution in [0.2, 0.25) is 0 Å². The van der Waals surface area contributed by atoms with E-state index in [1.807, 2.05) is 6.07 Å². The van der Waals surface area contributed by atoms with E-state index in [9.17, 15) is 14.4 Å². The number of ether oxygens (including phenoxy) is 2. The Kier molecular flexibility index (Phi) is 4.70. The van der Waals surface area contributed by atoms with Crippen LogP contribution in [0.4, 0.5) is 4.39 Å². The second kappa shape index (κ2) is 6.53. The fourth-order valence-corrected chi connectivity index (χ4v) is 2.48. The van der Waals surface area contributed by atoms with E-state index in [1.54, 1.807) is 32.9 Å². The first-order valence-electron chi connectivity index (χ1n) is 7.12. The normalized spacial score (nSPS) is 17.6. The van der Waals surface area contributed by atoms with Gasteiger partial charge in [0, 0.05) is 0 Å². The number of esters is 1. The summed E-state index contributed by atoms with van der Waals surface area (Å²) in [6, 6.07) is 6.49. The van der Waals surface area contributed by atoms with E-state index in [1.165, 1.54) is 6.07 Å². The zero-order chi connectivity index (χ0) is 17.1. The zero-order valence-electron chi connectivity index (χ0n) is 13.1. The minimum absolute atomic E-state index is 0.0573. The van der Waals surface area contributed by atoms with Crippen LogP contribution in [0.1, 0.15) is 30.9 Å². The summed E-state index contributed by atoms with van der Waals surface area (Å²) < 4.78 is 24.3. The number of nitrogens with two attached hydrogens (primary N) is 1. The average Bonchev–Trinajstić information content (AvgIpc) is 2.49. The van der Waals surface area contributed by atoms with Gasteiger partial charge in [-0.15, -0.1) is 0 Å². The molecule has 6 heteroatoms. The molecule has 0 spiro atoms. The molecule has 1 atom stereocenters. The maximum absolute atomic E-state index is 13.9. The summed E-state index contributed by atoms with van der Waals surface area (Å²) >= 11 is 0. The third-order valence-electron chi connectivity index (χ3n) is 3.63. The van der Waals surface area contributed by atoms with Crippen molar-refractivity contribution in [2.45, 2.75) is 26.7 Å². The van der Waals surface area contributed by atoms with Crippen molar-refractivity contribution in [1.82, 2.24) is 0 Å². The smallest absolute Gasteiger partial charge is 0.338 e. The molecular formula is C17H17FN2O3. The first-order chi connectivity index (χ1) is 10.9. The van der Waals surface area contributed by atoms with E-state index in [0.29, 0.717) is 11.1 Å². The number of allylic oxidation sites excluding steroid dienone is 2. The predicted octanol–water partition coefficient (Wildman–Crippen LogP) is 2.78. The van der Waals surface area contributed by atoms with Crippen molar-refractivity contribution >= 4 is 5.97 Å². The number of carbonyl (C=O) groups is 1. The van der Waals surface area contributed by atoms with Gasteiger partial charge < -0.3 is 15.2 Å². The SMILES string of the molecule is CCOC(=O)C1=C(C)OC(N)=C(C#N)C1c1ccc(C)c(F)c1. The average molecular weight is 316 g/mol. The third-order valence-corrected chi connectivity index (χ3v) is 3.63. The van der Waals surface area contributed by atoms with Crippen LogP contribution in [-0.2, 0) is 14.3 Å². The van der Waals surface area contributed by atoms with Crippen molar-refractivity contribution in [2.75, 3.05) is 6.61 Å². The number of nitrogens with zero attached hydrogens (tertiary/aromatic N) is 1. The molecule has 0 amide bonds. The van der Waals surface area contributed by atoms with Crippen molar-refractivity contribution in [2.24, 2.45) is 5.73 Å². The van der Waals surface area contributed by atoms with Crippen LogP contribution in [0, 0.1) is 24.1 Å². The van der Waals surface area contributed by atoms with E-state index in [0.717, 1.165) is 0 Å². The maximum atomic E-state index is 13.9. The molecule has 1 heterocycles. The predicted molar refractivity (Wildman–Crippen MR) is 81.1 cm³/mol. The first kappa shape index (κ1) is 16.6. The second-order valence-electron chi connectivity index (χ2n) is 5.12. The lowest BCUT2D eigenvalue weighted by atomic mass is 9.83. The molecular weight excluding hydrogens is 299 g/mol. The van der Waals surface area contributed by atoms with E-state index in [2.05, 4.69) is 0 Å². The van der Waals surface area contributed by atoms with Crippen LogP contribution < -0.4 is 5.73 Å². The van der Waals surface area contributed by atoms with Gasteiger partial charge in [0.2, 0.25) is 5.88 Å². The van der Waals surface area contributed by atoms with Crippen LogP contribution in [0.5, 0.6) is 0 Å². The first-order valence-corrected chi connectivity index (χ1v) is 7.12. The van der Waals surface area contributed by atoms with Gasteiger partial charge in [-0.3, -0.25) is 0 Å².